The molecule has 0 N–H and O–H groups in total. The van der Waals surface area contributed by atoms with Crippen molar-refractivity contribution in [1.29, 1.82) is 0 Å². The summed E-state index contributed by atoms with van der Waals surface area (Å²) < 4.78 is 2.03. The SMILES string of the molecule is CCCCC(Cl)CC(I)CCI. The number of hydrogen-bond donors (Lipinski definition) is 0. The van der Waals surface area contributed by atoms with Gasteiger partial charge in [-0.3, -0.25) is 0 Å². The number of unbranched alkanes of at least 4 members (excludes halogenated alkanes) is 1. The Hall–Kier alpha value is 1.75. The van der Waals surface area contributed by atoms with Crippen LogP contribution in [0.25, 0.3) is 0 Å². The summed E-state index contributed by atoms with van der Waals surface area (Å²) >= 11 is 11.1. The Morgan fingerprint density at radius 1 is 1.33 bits per heavy atom. The van der Waals surface area contributed by atoms with Crippen LogP contribution in [-0.4, -0.2) is 13.7 Å². The lowest BCUT2D eigenvalue weighted by Gasteiger charge is -2.12. The Morgan fingerprint density at radius 3 is 2.50 bits per heavy atom. The van der Waals surface area contributed by atoms with Gasteiger partial charge in [0.2, 0.25) is 0 Å². The predicted molar refractivity (Wildman–Crippen MR) is 75.1 cm³/mol. The quantitative estimate of drug-likeness (QED) is 0.415. The first-order valence-electron chi connectivity index (χ1n) is 4.54. The average molecular weight is 414 g/mol. The van der Waals surface area contributed by atoms with Crippen LogP contribution >= 0.6 is 56.8 Å². The number of alkyl halides is 3. The maximum atomic E-state index is 6.18. The van der Waals surface area contributed by atoms with Gasteiger partial charge in [-0.05, 0) is 19.3 Å². The molecule has 0 saturated carbocycles. The van der Waals surface area contributed by atoms with E-state index in [0.717, 1.165) is 3.92 Å². The van der Waals surface area contributed by atoms with E-state index in [1.165, 1.54) is 36.5 Å². The van der Waals surface area contributed by atoms with E-state index in [1.54, 1.807) is 0 Å². The van der Waals surface area contributed by atoms with Gasteiger partial charge in [0.15, 0.2) is 0 Å². The molecule has 0 rings (SSSR count). The molecule has 0 aliphatic heterocycles. The van der Waals surface area contributed by atoms with E-state index in [-0.39, 0.29) is 0 Å². The third-order valence-corrected chi connectivity index (χ3v) is 3.96. The zero-order chi connectivity index (χ0) is 9.40. The Morgan fingerprint density at radius 2 is 2.00 bits per heavy atom. The predicted octanol–water partition coefficient (Wildman–Crippen LogP) is 4.80. The molecule has 2 atom stereocenters. The molecule has 0 aromatic rings. The van der Waals surface area contributed by atoms with Gasteiger partial charge in [-0.15, -0.1) is 11.6 Å². The second kappa shape index (κ2) is 9.31. The minimum Gasteiger partial charge on any atom is -0.123 e. The van der Waals surface area contributed by atoms with Crippen molar-refractivity contribution in [1.82, 2.24) is 0 Å². The topological polar surface area (TPSA) is 0 Å². The maximum Gasteiger partial charge on any atom is 0.0346 e. The normalized spacial score (nSPS) is 16.0. The van der Waals surface area contributed by atoms with Crippen LogP contribution < -0.4 is 0 Å². The second-order valence-electron chi connectivity index (χ2n) is 3.05. The third-order valence-electron chi connectivity index (χ3n) is 1.80. The third kappa shape index (κ3) is 8.35. The highest BCUT2D eigenvalue weighted by atomic mass is 127. The molecular weight excluding hydrogens is 397 g/mol. The number of halogens is 3. The van der Waals surface area contributed by atoms with Crippen molar-refractivity contribution < 1.29 is 0 Å². The van der Waals surface area contributed by atoms with E-state index >= 15 is 0 Å². The van der Waals surface area contributed by atoms with Gasteiger partial charge < -0.3 is 0 Å². The van der Waals surface area contributed by atoms with Crippen molar-refractivity contribution >= 4 is 56.8 Å². The van der Waals surface area contributed by atoms with Crippen LogP contribution in [0.3, 0.4) is 0 Å². The molecule has 0 aliphatic rings. The molecule has 3 heteroatoms. The molecular formula is C9H17ClI2. The lowest BCUT2D eigenvalue weighted by Crippen LogP contribution is -2.08. The van der Waals surface area contributed by atoms with Crippen molar-refractivity contribution in [3.8, 4) is 0 Å². The second-order valence-corrected chi connectivity index (χ2v) is 6.51. The molecule has 0 spiro atoms. The molecule has 0 nitrogen and oxygen atoms in total. The molecule has 0 radical (unpaired) electrons. The van der Waals surface area contributed by atoms with Gasteiger partial charge in [-0.1, -0.05) is 64.9 Å². The van der Waals surface area contributed by atoms with E-state index in [4.69, 9.17) is 11.6 Å². The molecule has 0 aromatic carbocycles. The van der Waals surface area contributed by atoms with Crippen molar-refractivity contribution in [2.75, 3.05) is 4.43 Å². The van der Waals surface area contributed by atoms with Gasteiger partial charge in [-0.25, -0.2) is 0 Å². The Bertz CT molecular complexity index is 98.5. The summed E-state index contributed by atoms with van der Waals surface area (Å²) in [5, 5.41) is 0.412. The maximum absolute atomic E-state index is 6.18. The summed E-state index contributed by atoms with van der Waals surface area (Å²) in [6, 6.07) is 0. The van der Waals surface area contributed by atoms with Gasteiger partial charge >= 0.3 is 0 Å². The zero-order valence-corrected chi connectivity index (χ0v) is 12.6. The first-order valence-corrected chi connectivity index (χ1v) is 7.75. The first-order chi connectivity index (χ1) is 5.70. The molecule has 0 fully saturated rings. The van der Waals surface area contributed by atoms with Crippen LogP contribution in [0.5, 0.6) is 0 Å². The summed E-state index contributed by atoms with van der Waals surface area (Å²) in [5.74, 6) is 0. The fourth-order valence-corrected chi connectivity index (χ4v) is 4.60. The van der Waals surface area contributed by atoms with Crippen molar-refractivity contribution in [3.63, 3.8) is 0 Å². The van der Waals surface area contributed by atoms with Gasteiger partial charge in [0.05, 0.1) is 0 Å². The summed E-state index contributed by atoms with van der Waals surface area (Å²) in [6.45, 7) is 2.22. The van der Waals surface area contributed by atoms with Crippen molar-refractivity contribution in [2.24, 2.45) is 0 Å². The van der Waals surface area contributed by atoms with Crippen LogP contribution in [-0.2, 0) is 0 Å². The molecule has 12 heavy (non-hydrogen) atoms. The summed E-state index contributed by atoms with van der Waals surface area (Å²) in [6.07, 6.45) is 6.23. The fourth-order valence-electron chi connectivity index (χ4n) is 1.06. The number of rotatable bonds is 7. The summed E-state index contributed by atoms with van der Waals surface area (Å²) in [7, 11) is 0. The van der Waals surface area contributed by atoms with Crippen molar-refractivity contribution in [3.05, 3.63) is 0 Å². The lowest BCUT2D eigenvalue weighted by atomic mass is 10.1. The molecule has 2 unspecified atom stereocenters. The van der Waals surface area contributed by atoms with Gasteiger partial charge in [0.1, 0.15) is 0 Å². The lowest BCUT2D eigenvalue weighted by molar-refractivity contribution is 0.629. The monoisotopic (exact) mass is 414 g/mol. The molecule has 0 bridgehead atoms. The van der Waals surface area contributed by atoms with E-state index in [1.807, 2.05) is 0 Å². The Balaban J connectivity index is 3.33. The minimum absolute atomic E-state index is 0.412. The molecule has 74 valence electrons. The zero-order valence-electron chi connectivity index (χ0n) is 7.53. The highest BCUT2D eigenvalue weighted by molar-refractivity contribution is 14.1. The summed E-state index contributed by atoms with van der Waals surface area (Å²) in [5.41, 5.74) is 0. The minimum atomic E-state index is 0.412. The van der Waals surface area contributed by atoms with Gasteiger partial charge in [0, 0.05) is 13.7 Å². The van der Waals surface area contributed by atoms with Crippen molar-refractivity contribution in [2.45, 2.75) is 48.3 Å². The van der Waals surface area contributed by atoms with Gasteiger partial charge in [-0.2, -0.15) is 0 Å². The van der Waals surface area contributed by atoms with Crippen LogP contribution in [0.15, 0.2) is 0 Å². The van der Waals surface area contributed by atoms with Crippen LogP contribution in [0, 0.1) is 0 Å². The fraction of sp³-hybridized carbons (Fsp3) is 1.00. The van der Waals surface area contributed by atoms with E-state index < -0.39 is 0 Å². The standard InChI is InChI=1S/C9H17ClI2/c1-2-3-4-8(10)7-9(12)5-6-11/h8-9H,2-7H2,1H3. The molecule has 0 aromatic heterocycles. The largest absolute Gasteiger partial charge is 0.123 e. The molecule has 0 heterocycles. The first kappa shape index (κ1) is 13.8. The summed E-state index contributed by atoms with van der Waals surface area (Å²) in [4.78, 5) is 0. The molecule has 0 aliphatic carbocycles. The smallest absolute Gasteiger partial charge is 0.0346 e. The highest BCUT2D eigenvalue weighted by Crippen LogP contribution is 2.21. The van der Waals surface area contributed by atoms with Crippen LogP contribution in [0.4, 0.5) is 0 Å². The average Bonchev–Trinajstić information content (AvgIpc) is 2.01. The highest BCUT2D eigenvalue weighted by Gasteiger charge is 2.10. The van der Waals surface area contributed by atoms with E-state index in [2.05, 4.69) is 52.1 Å². The Kier molecular flexibility index (Phi) is 10.7. The molecule has 0 amide bonds. The Labute approximate surface area is 108 Å². The molecule has 0 saturated heterocycles. The van der Waals surface area contributed by atoms with E-state index in [0.29, 0.717) is 5.38 Å². The van der Waals surface area contributed by atoms with Gasteiger partial charge in [0.25, 0.3) is 0 Å². The van der Waals surface area contributed by atoms with Crippen LogP contribution in [0.1, 0.15) is 39.0 Å². The number of hydrogen-bond acceptors (Lipinski definition) is 0. The van der Waals surface area contributed by atoms with E-state index in [9.17, 15) is 0 Å². The van der Waals surface area contributed by atoms with Crippen LogP contribution in [0.2, 0.25) is 0 Å².